The number of nitrogens with zero attached hydrogens (tertiary/aromatic N) is 2. The van der Waals surface area contributed by atoms with E-state index in [-0.39, 0.29) is 0 Å². The molecule has 2 aromatic rings. The maximum absolute atomic E-state index is 5.07. The third-order valence-corrected chi connectivity index (χ3v) is 5.03. The summed E-state index contributed by atoms with van der Waals surface area (Å²) in [6.45, 7) is 4.46. The first kappa shape index (κ1) is 14.7. The number of benzene rings is 1. The average Bonchev–Trinajstić information content (AvgIpc) is 2.88. The van der Waals surface area contributed by atoms with E-state index in [0.29, 0.717) is 12.1 Å². The predicted molar refractivity (Wildman–Crippen MR) is 90.3 cm³/mol. The molecule has 3 rings (SSSR count). The summed E-state index contributed by atoms with van der Waals surface area (Å²) in [6, 6.07) is 11.8. The minimum Gasteiger partial charge on any atom is -0.357 e. The zero-order valence-corrected chi connectivity index (χ0v) is 13.7. The van der Waals surface area contributed by atoms with Crippen LogP contribution in [0, 0.1) is 3.95 Å². The Bertz CT molecular complexity index is 622. The van der Waals surface area contributed by atoms with Crippen LogP contribution < -0.4 is 5.32 Å². The summed E-state index contributed by atoms with van der Waals surface area (Å²) in [5.41, 5.74) is 1.39. The van der Waals surface area contributed by atoms with Crippen LogP contribution in [0.2, 0.25) is 0 Å². The lowest BCUT2D eigenvalue weighted by molar-refractivity contribution is 0.144. The van der Waals surface area contributed by atoms with Crippen LogP contribution >= 0.6 is 23.6 Å². The van der Waals surface area contributed by atoms with Crippen molar-refractivity contribution in [3.05, 3.63) is 39.8 Å². The molecule has 0 amide bonds. The maximum Gasteiger partial charge on any atom is 0.204 e. The lowest BCUT2D eigenvalue weighted by Gasteiger charge is -2.37. The molecular weight excluding hydrogens is 300 g/mol. The molecule has 6 heteroatoms. The van der Waals surface area contributed by atoms with Gasteiger partial charge in [-0.25, -0.2) is 0 Å². The molecule has 2 N–H and O–H groups in total. The summed E-state index contributed by atoms with van der Waals surface area (Å²) in [5, 5.41) is 11.4. The first-order valence-electron chi connectivity index (χ1n) is 7.31. The van der Waals surface area contributed by atoms with Crippen LogP contribution in [0.5, 0.6) is 0 Å². The number of H-pyrrole nitrogens is 1. The summed E-state index contributed by atoms with van der Waals surface area (Å²) in [5.74, 6) is 0. The van der Waals surface area contributed by atoms with Gasteiger partial charge in [0, 0.05) is 25.2 Å². The molecule has 21 heavy (non-hydrogen) atoms. The number of hydrogen-bond acceptors (Lipinski definition) is 5. The Labute approximate surface area is 134 Å². The zero-order valence-electron chi connectivity index (χ0n) is 12.1. The number of nitrogens with one attached hydrogen (secondary N) is 2. The molecule has 1 aromatic heterocycles. The molecule has 0 saturated carbocycles. The molecule has 2 unspecified atom stereocenters. The molecule has 1 aliphatic heterocycles. The Morgan fingerprint density at radius 2 is 2.24 bits per heavy atom. The van der Waals surface area contributed by atoms with Gasteiger partial charge >= 0.3 is 0 Å². The van der Waals surface area contributed by atoms with E-state index >= 15 is 0 Å². The number of likely N-dealkylation sites (tertiary alicyclic amines) is 1. The Hall–Kier alpha value is -1.24. The summed E-state index contributed by atoms with van der Waals surface area (Å²) >= 11 is 6.58. The molecule has 2 atom stereocenters. The van der Waals surface area contributed by atoms with Crippen molar-refractivity contribution in [3.63, 3.8) is 0 Å². The summed E-state index contributed by atoms with van der Waals surface area (Å²) in [7, 11) is 0. The van der Waals surface area contributed by atoms with Crippen molar-refractivity contribution in [1.29, 1.82) is 0 Å². The fourth-order valence-electron chi connectivity index (χ4n) is 2.87. The molecular formula is C15H20N4S2. The second-order valence-electron chi connectivity index (χ2n) is 5.59. The van der Waals surface area contributed by atoms with Gasteiger partial charge in [0.15, 0.2) is 3.95 Å². The highest BCUT2D eigenvalue weighted by Gasteiger charge is 2.25. The van der Waals surface area contributed by atoms with Gasteiger partial charge in [0.05, 0.1) is 0 Å². The van der Waals surface area contributed by atoms with E-state index in [1.165, 1.54) is 16.9 Å². The largest absolute Gasteiger partial charge is 0.357 e. The lowest BCUT2D eigenvalue weighted by atomic mass is 9.98. The van der Waals surface area contributed by atoms with Gasteiger partial charge in [-0.1, -0.05) is 41.7 Å². The second kappa shape index (κ2) is 6.68. The Morgan fingerprint density at radius 1 is 1.43 bits per heavy atom. The van der Waals surface area contributed by atoms with Gasteiger partial charge in [-0.3, -0.25) is 10.00 Å². The van der Waals surface area contributed by atoms with Crippen molar-refractivity contribution in [1.82, 2.24) is 15.1 Å². The number of rotatable bonds is 4. The first-order chi connectivity index (χ1) is 10.2. The topological polar surface area (TPSA) is 44.0 Å². The smallest absolute Gasteiger partial charge is 0.204 e. The molecule has 2 heterocycles. The molecule has 1 aromatic carbocycles. The summed E-state index contributed by atoms with van der Waals surface area (Å²) in [4.78, 5) is 2.56. The third kappa shape index (κ3) is 3.90. The third-order valence-electron chi connectivity index (χ3n) is 4.01. The Balaban J connectivity index is 1.55. The van der Waals surface area contributed by atoms with E-state index in [1.807, 2.05) is 0 Å². The summed E-state index contributed by atoms with van der Waals surface area (Å²) < 4.78 is 0.729. The van der Waals surface area contributed by atoms with E-state index in [0.717, 1.165) is 35.0 Å². The lowest BCUT2D eigenvalue weighted by Crippen LogP contribution is -2.44. The number of aromatic nitrogens is 2. The van der Waals surface area contributed by atoms with Crippen LogP contribution in [0.3, 0.4) is 0 Å². The molecule has 0 spiro atoms. The van der Waals surface area contributed by atoms with E-state index in [2.05, 4.69) is 57.7 Å². The minimum absolute atomic E-state index is 0.487. The molecule has 1 fully saturated rings. The SMILES string of the molecule is CC1CC(Nc2n[nH]c(=S)s2)CCN1Cc1ccccc1. The molecule has 112 valence electrons. The van der Waals surface area contributed by atoms with Crippen LogP contribution in [0.25, 0.3) is 0 Å². The molecule has 0 radical (unpaired) electrons. The zero-order chi connectivity index (χ0) is 14.7. The Morgan fingerprint density at radius 3 is 2.90 bits per heavy atom. The van der Waals surface area contributed by atoms with Crippen LogP contribution in [-0.2, 0) is 6.54 Å². The first-order valence-corrected chi connectivity index (χ1v) is 8.53. The number of anilines is 1. The highest BCUT2D eigenvalue weighted by molar-refractivity contribution is 7.73. The monoisotopic (exact) mass is 320 g/mol. The van der Waals surface area contributed by atoms with Gasteiger partial charge in [0.2, 0.25) is 5.13 Å². The van der Waals surface area contributed by atoms with Crippen molar-refractivity contribution in [2.45, 2.75) is 38.4 Å². The van der Waals surface area contributed by atoms with Crippen molar-refractivity contribution >= 4 is 28.7 Å². The van der Waals surface area contributed by atoms with Crippen LogP contribution in [0.15, 0.2) is 30.3 Å². The van der Waals surface area contributed by atoms with Crippen LogP contribution in [0.1, 0.15) is 25.3 Å². The molecule has 1 aliphatic rings. The van der Waals surface area contributed by atoms with Gasteiger partial charge in [-0.05, 0) is 37.5 Å². The highest BCUT2D eigenvalue weighted by atomic mass is 32.1. The Kier molecular flexibility index (Phi) is 4.67. The quantitative estimate of drug-likeness (QED) is 0.844. The van der Waals surface area contributed by atoms with Crippen molar-refractivity contribution in [3.8, 4) is 0 Å². The van der Waals surface area contributed by atoms with Gasteiger partial charge in [-0.15, -0.1) is 5.10 Å². The average molecular weight is 320 g/mol. The fourth-order valence-corrected chi connectivity index (χ4v) is 3.74. The van der Waals surface area contributed by atoms with Crippen LogP contribution in [0.4, 0.5) is 5.13 Å². The minimum atomic E-state index is 0.487. The molecule has 4 nitrogen and oxygen atoms in total. The van der Waals surface area contributed by atoms with Crippen molar-refractivity contribution < 1.29 is 0 Å². The maximum atomic E-state index is 5.07. The molecule has 1 saturated heterocycles. The number of hydrogen-bond donors (Lipinski definition) is 2. The van der Waals surface area contributed by atoms with Crippen molar-refractivity contribution in [2.75, 3.05) is 11.9 Å². The molecule has 0 bridgehead atoms. The van der Waals surface area contributed by atoms with E-state index < -0.39 is 0 Å². The second-order valence-corrected chi connectivity index (χ2v) is 7.25. The van der Waals surface area contributed by atoms with Crippen molar-refractivity contribution in [2.24, 2.45) is 0 Å². The van der Waals surface area contributed by atoms with Gasteiger partial charge < -0.3 is 5.32 Å². The van der Waals surface area contributed by atoms with E-state index in [9.17, 15) is 0 Å². The van der Waals surface area contributed by atoms with Crippen LogP contribution in [-0.4, -0.2) is 33.7 Å². The number of piperidine rings is 1. The van der Waals surface area contributed by atoms with E-state index in [1.54, 1.807) is 0 Å². The standard InChI is InChI=1S/C15H20N4S2/c1-11-9-13(16-14-17-18-15(20)21-14)7-8-19(11)10-12-5-3-2-4-6-12/h2-6,11,13H,7-10H2,1H3,(H,16,17)(H,18,20). The van der Waals surface area contributed by atoms with E-state index in [4.69, 9.17) is 12.2 Å². The normalized spacial score (nSPS) is 23.1. The van der Waals surface area contributed by atoms with Gasteiger partial charge in [0.1, 0.15) is 0 Å². The molecule has 0 aliphatic carbocycles. The van der Waals surface area contributed by atoms with Gasteiger partial charge in [-0.2, -0.15) is 0 Å². The number of aromatic amines is 1. The summed E-state index contributed by atoms with van der Waals surface area (Å²) in [6.07, 6.45) is 2.28. The van der Waals surface area contributed by atoms with Gasteiger partial charge in [0.25, 0.3) is 0 Å². The predicted octanol–water partition coefficient (Wildman–Crippen LogP) is 3.67. The fraction of sp³-hybridized carbons (Fsp3) is 0.467. The highest BCUT2D eigenvalue weighted by Crippen LogP contribution is 2.23.